The Morgan fingerprint density at radius 1 is 1.19 bits per heavy atom. The number of hydrogen-bond acceptors (Lipinski definition) is 6. The summed E-state index contributed by atoms with van der Waals surface area (Å²) in [6, 6.07) is 0.370. The van der Waals surface area contributed by atoms with Crippen molar-refractivity contribution in [2.24, 2.45) is 5.92 Å². The van der Waals surface area contributed by atoms with Gasteiger partial charge in [0.25, 0.3) is 0 Å². The second-order valence-corrected chi connectivity index (χ2v) is 5.76. The zero-order valence-electron chi connectivity index (χ0n) is 13.4. The largest absolute Gasteiger partial charge is 0.467 e. The highest BCUT2D eigenvalue weighted by Crippen LogP contribution is 2.25. The lowest BCUT2D eigenvalue weighted by atomic mass is 9.89. The molecule has 2 rings (SSSR count). The number of methoxy groups -OCH3 is 1. The SMILES string of the molecule is CCCNc1nc(OC)nc(N(C)CC2CCCCC2)n1. The fraction of sp³-hybridized carbons (Fsp3) is 0.800. The first-order valence-corrected chi connectivity index (χ1v) is 7.98. The Bertz CT molecular complexity index is 434. The number of nitrogens with one attached hydrogen (secondary N) is 1. The summed E-state index contributed by atoms with van der Waals surface area (Å²) in [5.41, 5.74) is 0. The summed E-state index contributed by atoms with van der Waals surface area (Å²) >= 11 is 0. The highest BCUT2D eigenvalue weighted by molar-refractivity contribution is 5.37. The van der Waals surface area contributed by atoms with Crippen molar-refractivity contribution in [1.82, 2.24) is 15.0 Å². The van der Waals surface area contributed by atoms with E-state index >= 15 is 0 Å². The van der Waals surface area contributed by atoms with Gasteiger partial charge in [-0.2, -0.15) is 15.0 Å². The van der Waals surface area contributed by atoms with Gasteiger partial charge in [0.2, 0.25) is 11.9 Å². The third-order valence-electron chi connectivity index (χ3n) is 3.92. The number of nitrogens with zero attached hydrogens (tertiary/aromatic N) is 4. The number of aromatic nitrogens is 3. The molecule has 0 amide bonds. The monoisotopic (exact) mass is 293 g/mol. The Morgan fingerprint density at radius 2 is 1.95 bits per heavy atom. The molecule has 0 spiro atoms. The standard InChI is InChI=1S/C15H27N5O/c1-4-10-16-13-17-14(19-15(18-13)21-3)20(2)11-12-8-6-5-7-9-12/h12H,4-11H2,1-3H3,(H,16,17,18,19). The Hall–Kier alpha value is -1.59. The van der Waals surface area contributed by atoms with Crippen LogP contribution in [0.4, 0.5) is 11.9 Å². The minimum atomic E-state index is 0.370. The van der Waals surface area contributed by atoms with Crippen molar-refractivity contribution in [3.63, 3.8) is 0 Å². The average Bonchev–Trinajstić information content (AvgIpc) is 2.53. The van der Waals surface area contributed by atoms with E-state index < -0.39 is 0 Å². The molecule has 6 heteroatoms. The Morgan fingerprint density at radius 3 is 2.62 bits per heavy atom. The number of ether oxygens (including phenoxy) is 1. The molecule has 0 aromatic carbocycles. The van der Waals surface area contributed by atoms with Crippen LogP contribution in [-0.2, 0) is 0 Å². The zero-order valence-corrected chi connectivity index (χ0v) is 13.4. The van der Waals surface area contributed by atoms with Crippen molar-refractivity contribution in [2.45, 2.75) is 45.4 Å². The Kier molecular flexibility index (Phi) is 6.02. The van der Waals surface area contributed by atoms with E-state index in [9.17, 15) is 0 Å². The van der Waals surface area contributed by atoms with E-state index in [2.05, 4.69) is 32.1 Å². The van der Waals surface area contributed by atoms with Crippen LogP contribution in [0.5, 0.6) is 6.01 Å². The fourth-order valence-electron chi connectivity index (χ4n) is 2.76. The second kappa shape index (κ2) is 8.00. The van der Waals surface area contributed by atoms with Gasteiger partial charge in [0, 0.05) is 20.1 Å². The fourth-order valence-corrected chi connectivity index (χ4v) is 2.76. The zero-order chi connectivity index (χ0) is 15.1. The first-order valence-electron chi connectivity index (χ1n) is 7.98. The quantitative estimate of drug-likeness (QED) is 0.834. The molecule has 1 aliphatic carbocycles. The van der Waals surface area contributed by atoms with E-state index in [1.165, 1.54) is 32.1 Å². The maximum Gasteiger partial charge on any atom is 0.322 e. The molecule has 1 heterocycles. The van der Waals surface area contributed by atoms with Crippen molar-refractivity contribution in [3.8, 4) is 6.01 Å². The smallest absolute Gasteiger partial charge is 0.322 e. The molecule has 0 aliphatic heterocycles. The maximum atomic E-state index is 5.19. The lowest BCUT2D eigenvalue weighted by Gasteiger charge is -2.27. The summed E-state index contributed by atoms with van der Waals surface area (Å²) in [5.74, 6) is 2.03. The summed E-state index contributed by atoms with van der Waals surface area (Å²) in [7, 11) is 3.64. The van der Waals surface area contributed by atoms with Crippen LogP contribution in [0.15, 0.2) is 0 Å². The number of hydrogen-bond donors (Lipinski definition) is 1. The Balaban J connectivity index is 2.05. The molecule has 118 valence electrons. The summed E-state index contributed by atoms with van der Waals surface area (Å²) in [6.07, 6.45) is 7.73. The van der Waals surface area contributed by atoms with Gasteiger partial charge in [-0.1, -0.05) is 26.2 Å². The van der Waals surface area contributed by atoms with Crippen molar-refractivity contribution < 1.29 is 4.74 Å². The van der Waals surface area contributed by atoms with Crippen molar-refractivity contribution in [1.29, 1.82) is 0 Å². The van der Waals surface area contributed by atoms with Crippen LogP contribution in [0, 0.1) is 5.92 Å². The summed E-state index contributed by atoms with van der Waals surface area (Å²) in [4.78, 5) is 15.2. The second-order valence-electron chi connectivity index (χ2n) is 5.76. The summed E-state index contributed by atoms with van der Waals surface area (Å²) in [5, 5.41) is 3.20. The van der Waals surface area contributed by atoms with Crippen LogP contribution in [0.25, 0.3) is 0 Å². The van der Waals surface area contributed by atoms with E-state index in [1.54, 1.807) is 7.11 Å². The van der Waals surface area contributed by atoms with Gasteiger partial charge in [-0.3, -0.25) is 0 Å². The maximum absolute atomic E-state index is 5.19. The van der Waals surface area contributed by atoms with Gasteiger partial charge in [0.1, 0.15) is 0 Å². The minimum Gasteiger partial charge on any atom is -0.467 e. The molecule has 1 aromatic heterocycles. The summed E-state index contributed by atoms with van der Waals surface area (Å²) < 4.78 is 5.19. The molecule has 1 aliphatic rings. The Labute approximate surface area is 127 Å². The third-order valence-corrected chi connectivity index (χ3v) is 3.92. The van der Waals surface area contributed by atoms with Crippen LogP contribution in [0.1, 0.15) is 45.4 Å². The third kappa shape index (κ3) is 4.72. The molecule has 0 bridgehead atoms. The van der Waals surface area contributed by atoms with Crippen LogP contribution >= 0.6 is 0 Å². The van der Waals surface area contributed by atoms with Crippen LogP contribution < -0.4 is 15.0 Å². The molecule has 1 fully saturated rings. The van der Waals surface area contributed by atoms with E-state index in [4.69, 9.17) is 4.74 Å². The first-order chi connectivity index (χ1) is 10.2. The molecular weight excluding hydrogens is 266 g/mol. The minimum absolute atomic E-state index is 0.370. The molecule has 1 saturated carbocycles. The van der Waals surface area contributed by atoms with E-state index in [1.807, 2.05) is 7.05 Å². The lowest BCUT2D eigenvalue weighted by Crippen LogP contribution is -2.28. The molecule has 0 atom stereocenters. The van der Waals surface area contributed by atoms with Gasteiger partial charge in [-0.05, 0) is 25.2 Å². The molecule has 1 N–H and O–H groups in total. The molecule has 0 radical (unpaired) electrons. The van der Waals surface area contributed by atoms with E-state index in [-0.39, 0.29) is 0 Å². The lowest BCUT2D eigenvalue weighted by molar-refractivity contribution is 0.358. The van der Waals surface area contributed by atoms with E-state index in [0.29, 0.717) is 17.9 Å². The first kappa shape index (κ1) is 15.8. The van der Waals surface area contributed by atoms with Crippen LogP contribution in [0.3, 0.4) is 0 Å². The molecule has 6 nitrogen and oxygen atoms in total. The molecule has 0 saturated heterocycles. The topological polar surface area (TPSA) is 63.2 Å². The van der Waals surface area contributed by atoms with Gasteiger partial charge in [-0.25, -0.2) is 0 Å². The molecule has 0 unspecified atom stereocenters. The van der Waals surface area contributed by atoms with Gasteiger partial charge < -0.3 is 15.0 Å². The van der Waals surface area contributed by atoms with Crippen LogP contribution in [-0.4, -0.2) is 42.2 Å². The predicted octanol–water partition coefficient (Wildman–Crippen LogP) is 2.72. The molecular formula is C15H27N5O. The normalized spacial score (nSPS) is 15.8. The van der Waals surface area contributed by atoms with Gasteiger partial charge in [0.05, 0.1) is 7.11 Å². The number of anilines is 2. The highest BCUT2D eigenvalue weighted by Gasteiger charge is 2.18. The van der Waals surface area contributed by atoms with Crippen molar-refractivity contribution in [3.05, 3.63) is 0 Å². The summed E-state index contributed by atoms with van der Waals surface area (Å²) in [6.45, 7) is 3.96. The van der Waals surface area contributed by atoms with Crippen molar-refractivity contribution in [2.75, 3.05) is 37.5 Å². The van der Waals surface area contributed by atoms with Crippen LogP contribution in [0.2, 0.25) is 0 Å². The van der Waals surface area contributed by atoms with Gasteiger partial charge >= 0.3 is 6.01 Å². The predicted molar refractivity (Wildman–Crippen MR) is 85.0 cm³/mol. The van der Waals surface area contributed by atoms with Crippen molar-refractivity contribution >= 4 is 11.9 Å². The average molecular weight is 293 g/mol. The highest BCUT2D eigenvalue weighted by atomic mass is 16.5. The molecule has 1 aromatic rings. The number of rotatable bonds is 7. The van der Waals surface area contributed by atoms with E-state index in [0.717, 1.165) is 25.4 Å². The molecule has 21 heavy (non-hydrogen) atoms. The van der Waals surface area contributed by atoms with Gasteiger partial charge in [0.15, 0.2) is 0 Å². The van der Waals surface area contributed by atoms with Gasteiger partial charge in [-0.15, -0.1) is 0 Å².